The third-order valence-electron chi connectivity index (χ3n) is 3.97. The molecule has 1 aromatic carbocycles. The monoisotopic (exact) mass is 383 g/mol. The normalized spacial score (nSPS) is 10.2. The third-order valence-corrected chi connectivity index (χ3v) is 3.97. The fraction of sp³-hybridized carbons (Fsp3) is 0.200. The molecule has 0 aliphatic rings. The number of pyridine rings is 1. The number of nitrogens with one attached hydrogen (secondary N) is 2. The minimum absolute atomic E-state index is 0.275. The second-order valence-electron chi connectivity index (χ2n) is 5.73. The zero-order chi connectivity index (χ0) is 19.9. The van der Waals surface area contributed by atoms with Crippen molar-refractivity contribution in [2.45, 2.75) is 6.54 Å². The molecule has 2 aromatic heterocycles. The van der Waals surface area contributed by atoms with Gasteiger partial charge in [0.1, 0.15) is 11.5 Å². The van der Waals surface area contributed by atoms with Gasteiger partial charge in [0.05, 0.1) is 46.0 Å². The molecule has 0 aliphatic carbocycles. The topological polar surface area (TPSA) is 94.9 Å². The minimum Gasteiger partial charge on any atom is -0.493 e. The Balaban J connectivity index is 1.69. The van der Waals surface area contributed by atoms with E-state index < -0.39 is 0 Å². The summed E-state index contributed by atoms with van der Waals surface area (Å²) in [6, 6.07) is 10.4. The Hall–Kier alpha value is -3.68. The maximum absolute atomic E-state index is 12.5. The van der Waals surface area contributed by atoms with Gasteiger partial charge in [-0.2, -0.15) is 0 Å². The van der Waals surface area contributed by atoms with Crippen molar-refractivity contribution in [1.82, 2.24) is 4.98 Å². The smallest absolute Gasteiger partial charge is 0.274 e. The molecule has 2 N–H and O–H groups in total. The van der Waals surface area contributed by atoms with E-state index in [4.69, 9.17) is 18.6 Å². The Morgan fingerprint density at radius 3 is 2.32 bits per heavy atom. The van der Waals surface area contributed by atoms with Crippen LogP contribution in [0.3, 0.4) is 0 Å². The number of methoxy groups -OCH3 is 3. The molecule has 3 aromatic rings. The number of ether oxygens (including phenoxy) is 3. The molecule has 0 radical (unpaired) electrons. The number of nitrogens with zero attached hydrogens (tertiary/aromatic N) is 1. The highest BCUT2D eigenvalue weighted by Gasteiger charge is 2.15. The molecule has 0 atom stereocenters. The molecule has 28 heavy (non-hydrogen) atoms. The first-order valence-corrected chi connectivity index (χ1v) is 8.48. The molecule has 8 nitrogen and oxygen atoms in total. The van der Waals surface area contributed by atoms with Crippen molar-refractivity contribution in [3.8, 4) is 17.2 Å². The highest BCUT2D eigenvalue weighted by atomic mass is 16.5. The van der Waals surface area contributed by atoms with Crippen molar-refractivity contribution >= 4 is 17.3 Å². The van der Waals surface area contributed by atoms with Gasteiger partial charge in [-0.1, -0.05) is 0 Å². The number of amides is 1. The van der Waals surface area contributed by atoms with Crippen molar-refractivity contribution in [2.75, 3.05) is 32.0 Å². The van der Waals surface area contributed by atoms with Gasteiger partial charge in [-0.15, -0.1) is 0 Å². The summed E-state index contributed by atoms with van der Waals surface area (Å²) in [5.74, 6) is 1.80. The van der Waals surface area contributed by atoms with Crippen LogP contribution in [0.2, 0.25) is 0 Å². The number of hydrogen-bond acceptors (Lipinski definition) is 7. The first-order valence-electron chi connectivity index (χ1n) is 8.48. The second-order valence-corrected chi connectivity index (χ2v) is 5.73. The molecule has 0 spiro atoms. The van der Waals surface area contributed by atoms with E-state index in [0.717, 1.165) is 11.4 Å². The zero-order valence-corrected chi connectivity index (χ0v) is 15.8. The molecule has 3 rings (SSSR count). The number of carbonyl (C=O) groups is 1. The number of anilines is 2. The van der Waals surface area contributed by atoms with Crippen LogP contribution in [0.1, 0.15) is 16.2 Å². The van der Waals surface area contributed by atoms with Gasteiger partial charge in [0, 0.05) is 17.8 Å². The highest BCUT2D eigenvalue weighted by molar-refractivity contribution is 6.03. The van der Waals surface area contributed by atoms with E-state index in [2.05, 4.69) is 15.6 Å². The zero-order valence-electron chi connectivity index (χ0n) is 15.8. The summed E-state index contributed by atoms with van der Waals surface area (Å²) in [4.78, 5) is 16.7. The van der Waals surface area contributed by atoms with Crippen molar-refractivity contribution in [2.24, 2.45) is 0 Å². The van der Waals surface area contributed by atoms with E-state index in [0.29, 0.717) is 29.5 Å². The first-order chi connectivity index (χ1) is 13.6. The summed E-state index contributed by atoms with van der Waals surface area (Å²) < 4.78 is 21.1. The fourth-order valence-corrected chi connectivity index (χ4v) is 2.58. The first kappa shape index (κ1) is 19.1. The average molecular weight is 383 g/mol. The van der Waals surface area contributed by atoms with Crippen LogP contribution in [0.15, 0.2) is 53.3 Å². The van der Waals surface area contributed by atoms with E-state index in [1.807, 2.05) is 12.1 Å². The maximum Gasteiger partial charge on any atom is 0.274 e. The van der Waals surface area contributed by atoms with Crippen LogP contribution in [0.5, 0.6) is 17.2 Å². The minimum atomic E-state index is -0.355. The largest absolute Gasteiger partial charge is 0.493 e. The van der Waals surface area contributed by atoms with Crippen LogP contribution in [-0.4, -0.2) is 32.2 Å². The predicted octanol–water partition coefficient (Wildman–Crippen LogP) is 3.56. The summed E-state index contributed by atoms with van der Waals surface area (Å²) in [6.45, 7) is 0.533. The van der Waals surface area contributed by atoms with E-state index in [9.17, 15) is 4.79 Å². The van der Waals surface area contributed by atoms with E-state index in [-0.39, 0.29) is 11.6 Å². The van der Waals surface area contributed by atoms with Crippen LogP contribution in [0.4, 0.5) is 11.4 Å². The van der Waals surface area contributed by atoms with Gasteiger partial charge in [0.15, 0.2) is 11.5 Å². The Bertz CT molecular complexity index is 899. The molecule has 1 amide bonds. The van der Waals surface area contributed by atoms with Gasteiger partial charge in [0.2, 0.25) is 5.75 Å². The number of hydrogen-bond donors (Lipinski definition) is 2. The molecule has 2 heterocycles. The van der Waals surface area contributed by atoms with Gasteiger partial charge in [-0.05, 0) is 24.3 Å². The predicted molar refractivity (Wildman–Crippen MR) is 104 cm³/mol. The quantitative estimate of drug-likeness (QED) is 0.614. The molecule has 0 saturated carbocycles. The van der Waals surface area contributed by atoms with E-state index >= 15 is 0 Å². The SMILES string of the molecule is COc1cc(NC(=O)c2ccc(NCc3ccco3)cn2)cc(OC)c1OC. The molecule has 0 unspecified atom stereocenters. The lowest BCUT2D eigenvalue weighted by Gasteiger charge is -2.14. The number of carbonyl (C=O) groups excluding carboxylic acids is 1. The van der Waals surface area contributed by atoms with Gasteiger partial charge in [-0.3, -0.25) is 4.79 Å². The lowest BCUT2D eigenvalue weighted by Crippen LogP contribution is -2.14. The summed E-state index contributed by atoms with van der Waals surface area (Å²) in [5.41, 5.74) is 1.55. The maximum atomic E-state index is 12.5. The molecule has 8 heteroatoms. The Morgan fingerprint density at radius 1 is 1.04 bits per heavy atom. The van der Waals surface area contributed by atoms with Crippen LogP contribution in [0, 0.1) is 0 Å². The van der Waals surface area contributed by atoms with Crippen molar-refractivity contribution in [3.05, 3.63) is 60.3 Å². The van der Waals surface area contributed by atoms with Crippen LogP contribution in [0.25, 0.3) is 0 Å². The Labute approximate surface area is 162 Å². The van der Waals surface area contributed by atoms with E-state index in [1.54, 1.807) is 36.7 Å². The molecule has 0 bridgehead atoms. The second kappa shape index (κ2) is 8.81. The van der Waals surface area contributed by atoms with Crippen LogP contribution in [-0.2, 0) is 6.54 Å². The number of furan rings is 1. The van der Waals surface area contributed by atoms with Gasteiger partial charge < -0.3 is 29.3 Å². The van der Waals surface area contributed by atoms with Gasteiger partial charge in [0.25, 0.3) is 5.91 Å². The van der Waals surface area contributed by atoms with Crippen LogP contribution < -0.4 is 24.8 Å². The van der Waals surface area contributed by atoms with Crippen molar-refractivity contribution in [3.63, 3.8) is 0 Å². The standard InChI is InChI=1S/C20H21N3O5/c1-25-17-9-14(10-18(26-2)19(17)27-3)23-20(24)16-7-6-13(11-22-16)21-12-15-5-4-8-28-15/h4-11,21H,12H2,1-3H3,(H,23,24). The van der Waals surface area contributed by atoms with Gasteiger partial charge in [-0.25, -0.2) is 4.98 Å². The molecule has 146 valence electrons. The molecule has 0 saturated heterocycles. The Morgan fingerprint density at radius 2 is 1.79 bits per heavy atom. The number of benzene rings is 1. The molecular formula is C20H21N3O5. The highest BCUT2D eigenvalue weighted by Crippen LogP contribution is 2.39. The van der Waals surface area contributed by atoms with Crippen molar-refractivity contribution in [1.29, 1.82) is 0 Å². The lowest BCUT2D eigenvalue weighted by atomic mass is 10.2. The molecule has 0 aliphatic heterocycles. The van der Waals surface area contributed by atoms with Gasteiger partial charge >= 0.3 is 0 Å². The number of aromatic nitrogens is 1. The average Bonchev–Trinajstić information content (AvgIpc) is 3.25. The molecular weight excluding hydrogens is 362 g/mol. The van der Waals surface area contributed by atoms with Crippen LogP contribution >= 0.6 is 0 Å². The van der Waals surface area contributed by atoms with E-state index in [1.165, 1.54) is 21.3 Å². The van der Waals surface area contributed by atoms with Crippen molar-refractivity contribution < 1.29 is 23.4 Å². The Kier molecular flexibility index (Phi) is 6.01. The summed E-state index contributed by atoms with van der Waals surface area (Å²) in [6.07, 6.45) is 3.21. The fourth-order valence-electron chi connectivity index (χ4n) is 2.58. The summed E-state index contributed by atoms with van der Waals surface area (Å²) in [5, 5.41) is 5.95. The summed E-state index contributed by atoms with van der Waals surface area (Å²) >= 11 is 0. The lowest BCUT2D eigenvalue weighted by molar-refractivity contribution is 0.102. The molecule has 0 fully saturated rings. The third kappa shape index (κ3) is 4.35. The number of rotatable bonds is 8. The summed E-state index contributed by atoms with van der Waals surface area (Å²) in [7, 11) is 4.54.